The lowest BCUT2D eigenvalue weighted by Gasteiger charge is -2.58. The summed E-state index contributed by atoms with van der Waals surface area (Å²) in [6.45, 7) is 12.5. The van der Waals surface area contributed by atoms with E-state index in [1.54, 1.807) is 18.2 Å². The van der Waals surface area contributed by atoms with Gasteiger partial charge < -0.3 is 14.2 Å². The molecule has 4 aliphatic carbocycles. The van der Waals surface area contributed by atoms with Gasteiger partial charge in [-0.05, 0) is 44.2 Å². The number of allylic oxidation sites excluding steroid dienone is 4. The maximum atomic E-state index is 14.2. The highest BCUT2D eigenvalue weighted by Gasteiger charge is 2.68. The maximum absolute atomic E-state index is 14.2. The molecule has 1 saturated heterocycles. The van der Waals surface area contributed by atoms with Crippen LogP contribution in [0.1, 0.15) is 53.4 Å². The minimum absolute atomic E-state index is 0.00514. The van der Waals surface area contributed by atoms with Crippen LogP contribution in [0.3, 0.4) is 0 Å². The van der Waals surface area contributed by atoms with Crippen molar-refractivity contribution in [2.45, 2.75) is 89.0 Å². The summed E-state index contributed by atoms with van der Waals surface area (Å²) in [6.07, 6.45) is 7.65. The van der Waals surface area contributed by atoms with Crippen molar-refractivity contribution in [3.63, 3.8) is 0 Å². The van der Waals surface area contributed by atoms with Gasteiger partial charge in [-0.3, -0.25) is 14.4 Å². The van der Waals surface area contributed by atoms with Crippen LogP contribution >= 0.6 is 0 Å². The normalized spacial score (nSPS) is 36.9. The van der Waals surface area contributed by atoms with Gasteiger partial charge in [-0.1, -0.05) is 67.7 Å². The molecular formula is C32H38O6Si. The van der Waals surface area contributed by atoms with Gasteiger partial charge in [0.15, 0.2) is 17.4 Å². The SMILES string of the molecule is CC(=O)OC1=CC=CC2C(=O)C3=C(CC4OC(C)(C)OC45CC(C)([Si](C)(C)c4ccccc4)CCC35)C(=O)C12. The number of fused-ring (bicyclic) bond motifs is 2. The number of Topliss-reactive ketones (excluding diaryl/α,β-unsaturated/α-hetero) is 2. The van der Waals surface area contributed by atoms with Gasteiger partial charge in [-0.2, -0.15) is 0 Å². The van der Waals surface area contributed by atoms with E-state index >= 15 is 0 Å². The van der Waals surface area contributed by atoms with Crippen LogP contribution in [-0.2, 0) is 28.6 Å². The molecule has 6 atom stereocenters. The highest BCUT2D eigenvalue weighted by Crippen LogP contribution is 2.65. The second-order valence-electron chi connectivity index (χ2n) is 13.3. The molecule has 6 nitrogen and oxygen atoms in total. The Morgan fingerprint density at radius 3 is 2.49 bits per heavy atom. The molecular weight excluding hydrogens is 508 g/mol. The number of carbonyl (C=O) groups is 3. The van der Waals surface area contributed by atoms with Crippen molar-refractivity contribution in [3.05, 3.63) is 65.5 Å². The molecule has 7 heteroatoms. The lowest BCUT2D eigenvalue weighted by Crippen LogP contribution is -2.63. The maximum Gasteiger partial charge on any atom is 0.307 e. The van der Waals surface area contributed by atoms with Gasteiger partial charge in [0.1, 0.15) is 11.4 Å². The third-order valence-corrected chi connectivity index (χ3v) is 15.6. The molecule has 1 aliphatic heterocycles. The number of hydrogen-bond acceptors (Lipinski definition) is 6. The van der Waals surface area contributed by atoms with Gasteiger partial charge in [0.2, 0.25) is 0 Å². The number of ketones is 2. The number of carbonyl (C=O) groups excluding carboxylic acids is 3. The summed E-state index contributed by atoms with van der Waals surface area (Å²) in [7, 11) is -1.99. The quantitative estimate of drug-likeness (QED) is 0.385. The second kappa shape index (κ2) is 8.69. The Kier molecular flexibility index (Phi) is 5.93. The highest BCUT2D eigenvalue weighted by atomic mass is 28.3. The van der Waals surface area contributed by atoms with E-state index in [-0.39, 0.29) is 34.4 Å². The Balaban J connectivity index is 1.44. The predicted molar refractivity (Wildman–Crippen MR) is 150 cm³/mol. The van der Waals surface area contributed by atoms with Crippen molar-refractivity contribution >= 4 is 30.8 Å². The molecule has 0 radical (unpaired) electrons. The first-order valence-electron chi connectivity index (χ1n) is 14.1. The molecule has 2 fully saturated rings. The van der Waals surface area contributed by atoms with Crippen LogP contribution < -0.4 is 5.19 Å². The number of ether oxygens (including phenoxy) is 3. The standard InChI is InChI=1S/C32H38O6Si/c1-19(33)36-24-14-10-13-21-27(24)29(35)22-17-25-32(38-30(2,3)37-25)18-31(4,16-15-23(32)26(22)28(21)34)39(5,6)20-11-8-7-9-12-20/h7-14,21,23,25,27H,15-18H2,1-6H3. The Bertz CT molecular complexity index is 1350. The van der Waals surface area contributed by atoms with E-state index in [4.69, 9.17) is 14.2 Å². The fraction of sp³-hybridized carbons (Fsp3) is 0.531. The number of hydrogen-bond donors (Lipinski definition) is 0. The van der Waals surface area contributed by atoms with Crippen LogP contribution in [0, 0.1) is 17.8 Å². The molecule has 1 heterocycles. The third kappa shape index (κ3) is 3.84. The molecule has 1 aromatic carbocycles. The van der Waals surface area contributed by atoms with Crippen LogP contribution in [0.15, 0.2) is 65.5 Å². The number of rotatable bonds is 3. The highest BCUT2D eigenvalue weighted by molar-refractivity contribution is 6.92. The van der Waals surface area contributed by atoms with Crippen LogP contribution in [0.25, 0.3) is 0 Å². The average molecular weight is 547 g/mol. The largest absolute Gasteiger partial charge is 0.430 e. The first-order chi connectivity index (χ1) is 18.3. The van der Waals surface area contributed by atoms with Crippen molar-refractivity contribution in [1.82, 2.24) is 0 Å². The Morgan fingerprint density at radius 1 is 1.08 bits per heavy atom. The Hall–Kier alpha value is -2.61. The summed E-state index contributed by atoms with van der Waals surface area (Å²) >= 11 is 0. The smallest absolute Gasteiger partial charge is 0.307 e. The summed E-state index contributed by atoms with van der Waals surface area (Å²) < 4.78 is 18.9. The fourth-order valence-corrected chi connectivity index (χ4v) is 11.4. The molecule has 1 saturated carbocycles. The topological polar surface area (TPSA) is 78.9 Å². The van der Waals surface area contributed by atoms with Gasteiger partial charge in [0.05, 0.1) is 26.0 Å². The van der Waals surface area contributed by atoms with E-state index in [1.807, 2.05) is 13.8 Å². The molecule has 0 bridgehead atoms. The van der Waals surface area contributed by atoms with Crippen LogP contribution in [-0.4, -0.2) is 43.1 Å². The van der Waals surface area contributed by atoms with Crippen LogP contribution in [0.5, 0.6) is 0 Å². The summed E-state index contributed by atoms with van der Waals surface area (Å²) in [4.78, 5) is 40.1. The Morgan fingerprint density at radius 2 is 1.79 bits per heavy atom. The lowest BCUT2D eigenvalue weighted by atomic mass is 9.55. The van der Waals surface area contributed by atoms with Gasteiger partial charge in [-0.25, -0.2) is 0 Å². The number of benzene rings is 1. The molecule has 1 spiro atoms. The minimum Gasteiger partial charge on any atom is -0.430 e. The molecule has 0 aromatic heterocycles. The van der Waals surface area contributed by atoms with Gasteiger partial charge in [0.25, 0.3) is 0 Å². The molecule has 5 aliphatic rings. The van der Waals surface area contributed by atoms with Crippen molar-refractivity contribution in [2.75, 3.05) is 0 Å². The van der Waals surface area contributed by atoms with Crippen LogP contribution in [0.2, 0.25) is 18.1 Å². The van der Waals surface area contributed by atoms with Crippen molar-refractivity contribution in [2.24, 2.45) is 17.8 Å². The van der Waals surface area contributed by atoms with E-state index in [0.29, 0.717) is 17.6 Å². The zero-order valence-electron chi connectivity index (χ0n) is 23.7. The average Bonchev–Trinajstić information content (AvgIpc) is 3.13. The van der Waals surface area contributed by atoms with E-state index < -0.39 is 37.3 Å². The van der Waals surface area contributed by atoms with E-state index in [1.165, 1.54) is 12.1 Å². The molecule has 39 heavy (non-hydrogen) atoms. The van der Waals surface area contributed by atoms with Crippen LogP contribution in [0.4, 0.5) is 0 Å². The van der Waals surface area contributed by atoms with Gasteiger partial charge >= 0.3 is 5.97 Å². The molecule has 6 rings (SSSR count). The predicted octanol–water partition coefficient (Wildman–Crippen LogP) is 5.15. The summed E-state index contributed by atoms with van der Waals surface area (Å²) in [5.74, 6) is -2.90. The molecule has 1 aromatic rings. The number of esters is 1. The first-order valence-corrected chi connectivity index (χ1v) is 17.1. The van der Waals surface area contributed by atoms with E-state index in [2.05, 4.69) is 50.3 Å². The molecule has 0 N–H and O–H groups in total. The molecule has 0 amide bonds. The van der Waals surface area contributed by atoms with E-state index in [9.17, 15) is 14.4 Å². The summed E-state index contributed by atoms with van der Waals surface area (Å²) in [5, 5.41) is 1.42. The monoisotopic (exact) mass is 546 g/mol. The minimum atomic E-state index is -1.99. The zero-order chi connectivity index (χ0) is 28.0. The zero-order valence-corrected chi connectivity index (χ0v) is 24.7. The Labute approximate surface area is 231 Å². The van der Waals surface area contributed by atoms with Gasteiger partial charge in [0, 0.05) is 30.4 Å². The van der Waals surface area contributed by atoms with Crippen molar-refractivity contribution < 1.29 is 28.6 Å². The van der Waals surface area contributed by atoms with E-state index in [0.717, 1.165) is 19.3 Å². The fourth-order valence-electron chi connectivity index (χ4n) is 8.19. The molecule has 6 unspecified atom stereocenters. The summed E-state index contributed by atoms with van der Waals surface area (Å²) in [5.41, 5.74) is 0.503. The van der Waals surface area contributed by atoms with Gasteiger partial charge in [-0.15, -0.1) is 0 Å². The first kappa shape index (κ1) is 26.6. The molecule has 206 valence electrons. The second-order valence-corrected chi connectivity index (χ2v) is 18.3. The van der Waals surface area contributed by atoms with Crippen molar-refractivity contribution in [3.8, 4) is 0 Å². The van der Waals surface area contributed by atoms with Crippen molar-refractivity contribution in [1.29, 1.82) is 0 Å². The lowest BCUT2D eigenvalue weighted by molar-refractivity contribution is -0.180. The third-order valence-electron chi connectivity index (χ3n) is 10.4. The summed E-state index contributed by atoms with van der Waals surface area (Å²) in [6, 6.07) is 10.8.